The van der Waals surface area contributed by atoms with E-state index in [1.165, 1.54) is 5.56 Å². The maximum atomic E-state index is 11.9. The Labute approximate surface area is 113 Å². The van der Waals surface area contributed by atoms with Gasteiger partial charge in [-0.15, -0.1) is 0 Å². The van der Waals surface area contributed by atoms with Crippen LogP contribution in [-0.2, 0) is 11.3 Å². The van der Waals surface area contributed by atoms with Gasteiger partial charge < -0.3 is 5.32 Å². The van der Waals surface area contributed by atoms with Crippen LogP contribution in [0.15, 0.2) is 54.7 Å². The van der Waals surface area contributed by atoms with E-state index in [0.29, 0.717) is 13.0 Å². The van der Waals surface area contributed by atoms with Gasteiger partial charge in [-0.05, 0) is 23.6 Å². The summed E-state index contributed by atoms with van der Waals surface area (Å²) in [6.07, 6.45) is 2.23. The van der Waals surface area contributed by atoms with E-state index in [0.717, 1.165) is 5.69 Å². The molecule has 98 valence electrons. The van der Waals surface area contributed by atoms with Crippen LogP contribution in [0, 0.1) is 0 Å². The minimum atomic E-state index is 0.0574. The van der Waals surface area contributed by atoms with E-state index in [-0.39, 0.29) is 11.8 Å². The Morgan fingerprint density at radius 3 is 2.58 bits per heavy atom. The van der Waals surface area contributed by atoms with Crippen molar-refractivity contribution in [3.05, 3.63) is 66.0 Å². The molecule has 0 spiro atoms. The van der Waals surface area contributed by atoms with Gasteiger partial charge >= 0.3 is 0 Å². The van der Waals surface area contributed by atoms with Gasteiger partial charge in [0.25, 0.3) is 0 Å². The van der Waals surface area contributed by atoms with Gasteiger partial charge in [-0.1, -0.05) is 43.3 Å². The quantitative estimate of drug-likeness (QED) is 0.891. The highest BCUT2D eigenvalue weighted by Gasteiger charge is 2.10. The van der Waals surface area contributed by atoms with Crippen LogP contribution >= 0.6 is 0 Å². The number of hydrogen-bond acceptors (Lipinski definition) is 2. The number of nitrogens with one attached hydrogen (secondary N) is 1. The molecule has 1 aromatic carbocycles. The standard InChI is InChI=1S/C16H18N2O/c1-13(14-7-3-2-4-8-14)11-16(19)18-12-15-9-5-6-10-17-15/h2-10,13H,11-12H2,1H3,(H,18,19)/t13-/m1/s1. The highest BCUT2D eigenvalue weighted by molar-refractivity contribution is 5.76. The number of pyridine rings is 1. The second kappa shape index (κ2) is 6.69. The largest absolute Gasteiger partial charge is 0.350 e. The Hall–Kier alpha value is -2.16. The molecule has 0 aliphatic carbocycles. The molecule has 3 heteroatoms. The van der Waals surface area contributed by atoms with Crippen molar-refractivity contribution in [3.63, 3.8) is 0 Å². The van der Waals surface area contributed by atoms with E-state index >= 15 is 0 Å². The molecule has 2 rings (SSSR count). The number of rotatable bonds is 5. The highest BCUT2D eigenvalue weighted by atomic mass is 16.1. The lowest BCUT2D eigenvalue weighted by Crippen LogP contribution is -2.24. The number of amides is 1. The first-order chi connectivity index (χ1) is 9.25. The van der Waals surface area contributed by atoms with E-state index < -0.39 is 0 Å². The summed E-state index contributed by atoms with van der Waals surface area (Å²) in [6.45, 7) is 2.55. The fraction of sp³-hybridized carbons (Fsp3) is 0.250. The second-order valence-corrected chi connectivity index (χ2v) is 4.61. The van der Waals surface area contributed by atoms with Gasteiger partial charge in [-0.25, -0.2) is 0 Å². The predicted octanol–water partition coefficient (Wildman–Crippen LogP) is 2.89. The van der Waals surface area contributed by atoms with Gasteiger partial charge in [0.05, 0.1) is 12.2 Å². The molecule has 0 saturated carbocycles. The highest BCUT2D eigenvalue weighted by Crippen LogP contribution is 2.17. The number of hydrogen-bond donors (Lipinski definition) is 1. The molecule has 0 aliphatic heterocycles. The first-order valence-electron chi connectivity index (χ1n) is 6.47. The molecule has 1 atom stereocenters. The molecule has 1 heterocycles. The van der Waals surface area contributed by atoms with E-state index in [1.54, 1.807) is 6.20 Å². The number of benzene rings is 1. The van der Waals surface area contributed by atoms with Gasteiger partial charge in [0.2, 0.25) is 5.91 Å². The van der Waals surface area contributed by atoms with Crippen molar-refractivity contribution in [1.82, 2.24) is 10.3 Å². The molecule has 0 saturated heterocycles. The van der Waals surface area contributed by atoms with Crippen molar-refractivity contribution in [2.45, 2.75) is 25.8 Å². The second-order valence-electron chi connectivity index (χ2n) is 4.61. The van der Waals surface area contributed by atoms with Crippen LogP contribution < -0.4 is 5.32 Å². The number of carbonyl (C=O) groups is 1. The average molecular weight is 254 g/mol. The molecule has 1 amide bonds. The SMILES string of the molecule is C[C@H](CC(=O)NCc1ccccn1)c1ccccc1. The summed E-state index contributed by atoms with van der Waals surface area (Å²) in [7, 11) is 0. The normalized spacial score (nSPS) is 11.8. The predicted molar refractivity (Wildman–Crippen MR) is 75.6 cm³/mol. The van der Waals surface area contributed by atoms with E-state index in [9.17, 15) is 4.79 Å². The summed E-state index contributed by atoms with van der Waals surface area (Å²) in [5.74, 6) is 0.284. The zero-order chi connectivity index (χ0) is 13.5. The van der Waals surface area contributed by atoms with Gasteiger partial charge in [-0.2, -0.15) is 0 Å². The summed E-state index contributed by atoms with van der Waals surface area (Å²) in [5, 5.41) is 2.90. The zero-order valence-corrected chi connectivity index (χ0v) is 11.0. The van der Waals surface area contributed by atoms with Crippen molar-refractivity contribution < 1.29 is 4.79 Å². The monoisotopic (exact) mass is 254 g/mol. The molecule has 19 heavy (non-hydrogen) atoms. The number of nitrogens with zero attached hydrogens (tertiary/aromatic N) is 1. The third kappa shape index (κ3) is 4.21. The maximum absolute atomic E-state index is 11.9. The van der Waals surface area contributed by atoms with Gasteiger partial charge in [0.15, 0.2) is 0 Å². The minimum absolute atomic E-state index is 0.0574. The molecule has 0 bridgehead atoms. The van der Waals surface area contributed by atoms with Crippen LogP contribution in [0.4, 0.5) is 0 Å². The van der Waals surface area contributed by atoms with Crippen LogP contribution in [0.25, 0.3) is 0 Å². The van der Waals surface area contributed by atoms with Crippen LogP contribution in [0.5, 0.6) is 0 Å². The molecule has 1 N–H and O–H groups in total. The fourth-order valence-electron chi connectivity index (χ4n) is 1.94. The smallest absolute Gasteiger partial charge is 0.220 e. The lowest BCUT2D eigenvalue weighted by atomic mass is 9.97. The van der Waals surface area contributed by atoms with Crippen LogP contribution in [0.2, 0.25) is 0 Å². The van der Waals surface area contributed by atoms with Crippen molar-refractivity contribution in [2.24, 2.45) is 0 Å². The molecule has 1 aromatic heterocycles. The zero-order valence-electron chi connectivity index (χ0n) is 11.0. The fourth-order valence-corrected chi connectivity index (χ4v) is 1.94. The Balaban J connectivity index is 1.82. The first kappa shape index (κ1) is 13.3. The molecule has 0 unspecified atom stereocenters. The van der Waals surface area contributed by atoms with Crippen molar-refractivity contribution in [2.75, 3.05) is 0 Å². The summed E-state index contributed by atoms with van der Waals surface area (Å²) < 4.78 is 0. The van der Waals surface area contributed by atoms with Crippen molar-refractivity contribution in [3.8, 4) is 0 Å². The third-order valence-electron chi connectivity index (χ3n) is 3.05. The Kier molecular flexibility index (Phi) is 4.67. The topological polar surface area (TPSA) is 42.0 Å². The van der Waals surface area contributed by atoms with Gasteiger partial charge in [0, 0.05) is 12.6 Å². The molecular formula is C16H18N2O. The Morgan fingerprint density at radius 2 is 1.89 bits per heavy atom. The lowest BCUT2D eigenvalue weighted by molar-refractivity contribution is -0.121. The minimum Gasteiger partial charge on any atom is -0.350 e. The summed E-state index contributed by atoms with van der Waals surface area (Å²) >= 11 is 0. The van der Waals surface area contributed by atoms with E-state index in [1.807, 2.05) is 36.4 Å². The molecule has 0 aliphatic rings. The average Bonchev–Trinajstić information content (AvgIpc) is 2.47. The van der Waals surface area contributed by atoms with Gasteiger partial charge in [-0.3, -0.25) is 9.78 Å². The molecule has 3 nitrogen and oxygen atoms in total. The maximum Gasteiger partial charge on any atom is 0.220 e. The van der Waals surface area contributed by atoms with Gasteiger partial charge in [0.1, 0.15) is 0 Å². The lowest BCUT2D eigenvalue weighted by Gasteiger charge is -2.11. The summed E-state index contributed by atoms with van der Waals surface area (Å²) in [6, 6.07) is 15.8. The van der Waals surface area contributed by atoms with E-state index in [4.69, 9.17) is 0 Å². The number of aromatic nitrogens is 1. The summed E-state index contributed by atoms with van der Waals surface area (Å²) in [5.41, 5.74) is 2.07. The van der Waals surface area contributed by atoms with Crippen LogP contribution in [0.1, 0.15) is 30.5 Å². The van der Waals surface area contributed by atoms with Crippen LogP contribution in [0.3, 0.4) is 0 Å². The first-order valence-corrected chi connectivity index (χ1v) is 6.47. The Bertz CT molecular complexity index is 511. The Morgan fingerprint density at radius 1 is 1.16 bits per heavy atom. The molecular weight excluding hydrogens is 236 g/mol. The third-order valence-corrected chi connectivity index (χ3v) is 3.05. The molecule has 2 aromatic rings. The molecule has 0 fully saturated rings. The van der Waals surface area contributed by atoms with Crippen LogP contribution in [-0.4, -0.2) is 10.9 Å². The van der Waals surface area contributed by atoms with E-state index in [2.05, 4.69) is 29.4 Å². The van der Waals surface area contributed by atoms with Crippen molar-refractivity contribution in [1.29, 1.82) is 0 Å². The molecule has 0 radical (unpaired) electrons. The van der Waals surface area contributed by atoms with Crippen molar-refractivity contribution >= 4 is 5.91 Å². The summed E-state index contributed by atoms with van der Waals surface area (Å²) in [4.78, 5) is 16.0. The number of carbonyl (C=O) groups excluding carboxylic acids is 1.